The third-order valence-electron chi connectivity index (χ3n) is 3.20. The van der Waals surface area contributed by atoms with Gasteiger partial charge >= 0.3 is 6.09 Å². The van der Waals surface area contributed by atoms with E-state index in [1.165, 1.54) is 0 Å². The summed E-state index contributed by atoms with van der Waals surface area (Å²) in [4.78, 5) is 22.4. The summed E-state index contributed by atoms with van der Waals surface area (Å²) in [6.07, 6.45) is 3.92. The molecule has 2 unspecified atom stereocenters. The van der Waals surface area contributed by atoms with Crippen LogP contribution in [-0.2, 0) is 9.53 Å². The van der Waals surface area contributed by atoms with E-state index in [1.807, 2.05) is 20.8 Å². The topological polar surface area (TPSA) is 93.4 Å². The van der Waals surface area contributed by atoms with Gasteiger partial charge in [0.15, 0.2) is 0 Å². The van der Waals surface area contributed by atoms with Crippen molar-refractivity contribution in [1.82, 2.24) is 10.6 Å². The van der Waals surface area contributed by atoms with Gasteiger partial charge < -0.3 is 21.1 Å². The first-order chi connectivity index (χ1) is 9.26. The first kappa shape index (κ1) is 16.8. The van der Waals surface area contributed by atoms with Gasteiger partial charge in [0.1, 0.15) is 5.60 Å². The highest BCUT2D eigenvalue weighted by Gasteiger charge is 2.25. The molecular formula is C14H27N3O3. The van der Waals surface area contributed by atoms with Crippen molar-refractivity contribution in [2.24, 2.45) is 5.73 Å². The van der Waals surface area contributed by atoms with Gasteiger partial charge in [-0.25, -0.2) is 4.79 Å². The number of primary amides is 1. The highest BCUT2D eigenvalue weighted by molar-refractivity contribution is 5.73. The average Bonchev–Trinajstić information content (AvgIpc) is 2.26. The molecule has 1 saturated carbocycles. The Labute approximate surface area is 120 Å². The number of carbonyl (C=O) groups is 2. The quantitative estimate of drug-likeness (QED) is 0.709. The van der Waals surface area contributed by atoms with Crippen LogP contribution in [0, 0.1) is 0 Å². The third kappa shape index (κ3) is 7.33. The number of rotatable bonds is 5. The van der Waals surface area contributed by atoms with Gasteiger partial charge in [-0.15, -0.1) is 0 Å². The molecule has 1 aliphatic rings. The van der Waals surface area contributed by atoms with Crippen LogP contribution in [0.3, 0.4) is 0 Å². The van der Waals surface area contributed by atoms with Crippen molar-refractivity contribution < 1.29 is 14.3 Å². The number of nitrogens with two attached hydrogens (primary N) is 1. The predicted molar refractivity (Wildman–Crippen MR) is 77.2 cm³/mol. The number of amides is 2. The Bertz CT molecular complexity index is 339. The molecule has 0 bridgehead atoms. The van der Waals surface area contributed by atoms with Crippen LogP contribution in [-0.4, -0.2) is 36.2 Å². The van der Waals surface area contributed by atoms with Gasteiger partial charge in [0.05, 0.1) is 0 Å². The van der Waals surface area contributed by atoms with Gasteiger partial charge in [-0.05, 0) is 46.5 Å². The van der Waals surface area contributed by atoms with E-state index in [4.69, 9.17) is 10.5 Å². The van der Waals surface area contributed by atoms with E-state index in [9.17, 15) is 9.59 Å². The molecule has 0 spiro atoms. The van der Waals surface area contributed by atoms with Crippen molar-refractivity contribution >= 4 is 12.0 Å². The van der Waals surface area contributed by atoms with Crippen LogP contribution in [0.2, 0.25) is 0 Å². The summed E-state index contributed by atoms with van der Waals surface area (Å²) < 4.78 is 5.26. The van der Waals surface area contributed by atoms with Gasteiger partial charge in [-0.2, -0.15) is 0 Å². The fraction of sp³-hybridized carbons (Fsp3) is 0.857. The average molecular weight is 285 g/mol. The molecule has 0 aromatic rings. The van der Waals surface area contributed by atoms with Gasteiger partial charge in [0.25, 0.3) is 0 Å². The Morgan fingerprint density at radius 3 is 2.50 bits per heavy atom. The van der Waals surface area contributed by atoms with E-state index in [0.717, 1.165) is 25.7 Å². The smallest absolute Gasteiger partial charge is 0.407 e. The minimum absolute atomic E-state index is 0.129. The summed E-state index contributed by atoms with van der Waals surface area (Å²) in [5, 5.41) is 6.22. The Balaban J connectivity index is 2.30. The molecule has 2 amide bonds. The monoisotopic (exact) mass is 285 g/mol. The van der Waals surface area contributed by atoms with Crippen molar-refractivity contribution in [3.05, 3.63) is 0 Å². The number of hydrogen-bond acceptors (Lipinski definition) is 4. The molecule has 0 saturated heterocycles. The molecule has 0 aromatic carbocycles. The standard InChI is InChI=1S/C14H27N3O3/c1-14(2,3)20-13(19)17-11-6-4-5-10(9-11)16-8-7-12(15)18/h10-11,16H,4-9H2,1-3H3,(H2,15,18)(H,17,19). The first-order valence-corrected chi connectivity index (χ1v) is 7.27. The third-order valence-corrected chi connectivity index (χ3v) is 3.20. The van der Waals surface area contributed by atoms with Crippen LogP contribution < -0.4 is 16.4 Å². The number of alkyl carbamates (subject to hydrolysis) is 1. The minimum atomic E-state index is -0.474. The molecule has 6 heteroatoms. The Morgan fingerprint density at radius 1 is 1.25 bits per heavy atom. The Hall–Kier alpha value is -1.30. The van der Waals surface area contributed by atoms with E-state index >= 15 is 0 Å². The molecule has 4 N–H and O–H groups in total. The van der Waals surface area contributed by atoms with E-state index < -0.39 is 5.60 Å². The van der Waals surface area contributed by atoms with Crippen molar-refractivity contribution in [2.75, 3.05) is 6.54 Å². The van der Waals surface area contributed by atoms with Crippen LogP contribution in [0.15, 0.2) is 0 Å². The second kappa shape index (κ2) is 7.47. The summed E-state index contributed by atoms with van der Waals surface area (Å²) in [6.45, 7) is 6.14. The molecule has 0 aliphatic heterocycles. The molecule has 0 aromatic heterocycles. The lowest BCUT2D eigenvalue weighted by Gasteiger charge is -2.31. The highest BCUT2D eigenvalue weighted by Crippen LogP contribution is 2.19. The van der Waals surface area contributed by atoms with E-state index in [0.29, 0.717) is 19.0 Å². The SMILES string of the molecule is CC(C)(C)OC(=O)NC1CCCC(NCCC(N)=O)C1. The highest BCUT2D eigenvalue weighted by atomic mass is 16.6. The lowest BCUT2D eigenvalue weighted by Crippen LogP contribution is -2.46. The molecule has 0 radical (unpaired) electrons. The van der Waals surface area contributed by atoms with Crippen molar-refractivity contribution in [1.29, 1.82) is 0 Å². The lowest BCUT2D eigenvalue weighted by atomic mass is 9.91. The summed E-state index contributed by atoms with van der Waals surface area (Å²) in [7, 11) is 0. The van der Waals surface area contributed by atoms with E-state index in [-0.39, 0.29) is 18.0 Å². The zero-order valence-electron chi connectivity index (χ0n) is 12.7. The maximum absolute atomic E-state index is 11.7. The van der Waals surface area contributed by atoms with Gasteiger partial charge in [0, 0.05) is 25.0 Å². The maximum Gasteiger partial charge on any atom is 0.407 e. The number of carbonyl (C=O) groups excluding carboxylic acids is 2. The molecule has 20 heavy (non-hydrogen) atoms. The Morgan fingerprint density at radius 2 is 1.90 bits per heavy atom. The summed E-state index contributed by atoms with van der Waals surface area (Å²) in [6, 6.07) is 0.452. The van der Waals surface area contributed by atoms with Crippen LogP contribution >= 0.6 is 0 Å². The van der Waals surface area contributed by atoms with Crippen LogP contribution in [0.4, 0.5) is 4.79 Å². The molecule has 0 heterocycles. The zero-order chi connectivity index (χ0) is 15.2. The summed E-state index contributed by atoms with van der Waals surface area (Å²) in [5.74, 6) is -0.295. The molecule has 1 fully saturated rings. The molecule has 1 rings (SSSR count). The zero-order valence-corrected chi connectivity index (χ0v) is 12.7. The largest absolute Gasteiger partial charge is 0.444 e. The number of nitrogens with one attached hydrogen (secondary N) is 2. The second-order valence-electron chi connectivity index (χ2n) is 6.38. The molecule has 1 aliphatic carbocycles. The normalized spacial score (nSPS) is 23.1. The summed E-state index contributed by atoms with van der Waals surface area (Å²) in [5.41, 5.74) is 4.63. The lowest BCUT2D eigenvalue weighted by molar-refractivity contribution is -0.117. The van der Waals surface area contributed by atoms with E-state index in [1.54, 1.807) is 0 Å². The number of hydrogen-bond donors (Lipinski definition) is 3. The Kier molecular flexibility index (Phi) is 6.26. The number of ether oxygens (including phenoxy) is 1. The second-order valence-corrected chi connectivity index (χ2v) is 6.38. The maximum atomic E-state index is 11.7. The van der Waals surface area contributed by atoms with Gasteiger partial charge in [-0.1, -0.05) is 0 Å². The van der Waals surface area contributed by atoms with Gasteiger partial charge in [-0.3, -0.25) is 4.79 Å². The fourth-order valence-corrected chi connectivity index (χ4v) is 2.38. The van der Waals surface area contributed by atoms with Crippen LogP contribution in [0.5, 0.6) is 0 Å². The molecule has 6 nitrogen and oxygen atoms in total. The van der Waals surface area contributed by atoms with Gasteiger partial charge in [0.2, 0.25) is 5.91 Å². The van der Waals surface area contributed by atoms with Crippen molar-refractivity contribution in [3.63, 3.8) is 0 Å². The summed E-state index contributed by atoms with van der Waals surface area (Å²) >= 11 is 0. The van der Waals surface area contributed by atoms with Crippen molar-refractivity contribution in [2.45, 2.75) is 70.6 Å². The molecule has 116 valence electrons. The molecule has 2 atom stereocenters. The van der Waals surface area contributed by atoms with Crippen LogP contribution in [0.1, 0.15) is 52.9 Å². The van der Waals surface area contributed by atoms with E-state index in [2.05, 4.69) is 10.6 Å². The minimum Gasteiger partial charge on any atom is -0.444 e. The van der Waals surface area contributed by atoms with Crippen LogP contribution in [0.25, 0.3) is 0 Å². The fourth-order valence-electron chi connectivity index (χ4n) is 2.38. The molecular weight excluding hydrogens is 258 g/mol. The van der Waals surface area contributed by atoms with Crippen molar-refractivity contribution in [3.8, 4) is 0 Å². The predicted octanol–water partition coefficient (Wildman–Crippen LogP) is 1.29. The first-order valence-electron chi connectivity index (χ1n) is 7.27.